The normalized spacial score (nSPS) is 14.2. The van der Waals surface area contributed by atoms with Gasteiger partial charge in [0, 0.05) is 30.7 Å². The molecule has 0 unspecified atom stereocenters. The molecule has 4 rings (SSSR count). The van der Waals surface area contributed by atoms with E-state index < -0.39 is 0 Å². The largest absolute Gasteiger partial charge is 0.350 e. The number of anilines is 1. The standard InChI is InChI=1S/C20H22ClN3/c1-4-24-14(3)13(2)17-11-18(21)22-20(19(17)24)23-10-9-15-7-5-6-8-16(15)12-23/h5-8,11H,4,9-10,12H2,1-3H3. The fourth-order valence-electron chi connectivity index (χ4n) is 3.90. The molecule has 0 atom stereocenters. The molecule has 0 saturated carbocycles. The van der Waals surface area contributed by atoms with E-state index in [1.54, 1.807) is 0 Å². The molecule has 3 heterocycles. The lowest BCUT2D eigenvalue weighted by molar-refractivity contribution is 0.713. The van der Waals surface area contributed by atoms with Crippen LogP contribution in [-0.4, -0.2) is 16.1 Å². The SMILES string of the molecule is CCn1c(C)c(C)c2cc(Cl)nc(N3CCc4ccccc4C3)c21. The highest BCUT2D eigenvalue weighted by atomic mass is 35.5. The fraction of sp³-hybridized carbons (Fsp3) is 0.350. The Kier molecular flexibility index (Phi) is 3.76. The summed E-state index contributed by atoms with van der Waals surface area (Å²) in [6.45, 7) is 9.36. The quantitative estimate of drug-likeness (QED) is 0.620. The van der Waals surface area contributed by atoms with Gasteiger partial charge < -0.3 is 9.47 Å². The van der Waals surface area contributed by atoms with Crippen LogP contribution in [0.5, 0.6) is 0 Å². The van der Waals surface area contributed by atoms with Crippen LogP contribution in [0.2, 0.25) is 5.15 Å². The van der Waals surface area contributed by atoms with Crippen molar-refractivity contribution in [3.05, 3.63) is 57.9 Å². The molecule has 0 fully saturated rings. The summed E-state index contributed by atoms with van der Waals surface area (Å²) in [5.74, 6) is 1.02. The lowest BCUT2D eigenvalue weighted by Gasteiger charge is -2.30. The maximum absolute atomic E-state index is 6.37. The van der Waals surface area contributed by atoms with Crippen molar-refractivity contribution in [3.63, 3.8) is 0 Å². The molecule has 1 aliphatic rings. The van der Waals surface area contributed by atoms with Gasteiger partial charge >= 0.3 is 0 Å². The maximum atomic E-state index is 6.37. The van der Waals surface area contributed by atoms with Crippen molar-refractivity contribution in [1.82, 2.24) is 9.55 Å². The Bertz CT molecular complexity index is 926. The van der Waals surface area contributed by atoms with E-state index in [0.29, 0.717) is 5.15 Å². The third kappa shape index (κ3) is 2.30. The first-order valence-corrected chi connectivity index (χ1v) is 8.95. The molecule has 0 saturated heterocycles. The second-order valence-corrected chi connectivity index (χ2v) is 6.95. The predicted octanol–water partition coefficient (Wildman–Crippen LogP) is 4.89. The first kappa shape index (κ1) is 15.5. The Hall–Kier alpha value is -2.00. The van der Waals surface area contributed by atoms with Gasteiger partial charge in [-0.2, -0.15) is 0 Å². The third-order valence-electron chi connectivity index (χ3n) is 5.31. The van der Waals surface area contributed by atoms with Gasteiger partial charge in [0.2, 0.25) is 0 Å². The molecular formula is C20H22ClN3. The first-order valence-electron chi connectivity index (χ1n) is 8.57. The summed E-state index contributed by atoms with van der Waals surface area (Å²) in [7, 11) is 0. The average molecular weight is 340 g/mol. The number of aryl methyl sites for hydroxylation is 2. The molecule has 3 aromatic rings. The van der Waals surface area contributed by atoms with Gasteiger partial charge in [-0.3, -0.25) is 0 Å². The van der Waals surface area contributed by atoms with Crippen LogP contribution in [0, 0.1) is 13.8 Å². The minimum Gasteiger partial charge on any atom is -0.350 e. The molecule has 0 amide bonds. The van der Waals surface area contributed by atoms with Gasteiger partial charge in [0.15, 0.2) is 5.82 Å². The van der Waals surface area contributed by atoms with E-state index in [9.17, 15) is 0 Å². The maximum Gasteiger partial charge on any atom is 0.155 e. The number of benzene rings is 1. The summed E-state index contributed by atoms with van der Waals surface area (Å²) in [5, 5.41) is 1.80. The lowest BCUT2D eigenvalue weighted by atomic mass is 10.00. The molecule has 3 nitrogen and oxygen atoms in total. The molecule has 2 aromatic heterocycles. The Balaban J connectivity index is 1.90. The van der Waals surface area contributed by atoms with Crippen LogP contribution in [0.25, 0.3) is 10.9 Å². The van der Waals surface area contributed by atoms with Crippen LogP contribution in [0.15, 0.2) is 30.3 Å². The van der Waals surface area contributed by atoms with Crippen molar-refractivity contribution in [2.24, 2.45) is 0 Å². The molecule has 24 heavy (non-hydrogen) atoms. The Morgan fingerprint density at radius 1 is 1.17 bits per heavy atom. The zero-order valence-corrected chi connectivity index (χ0v) is 15.2. The van der Waals surface area contributed by atoms with Crippen molar-refractivity contribution in [2.45, 2.75) is 40.3 Å². The Labute approximate surface area is 147 Å². The fourth-order valence-corrected chi connectivity index (χ4v) is 4.09. The summed E-state index contributed by atoms with van der Waals surface area (Å²) in [4.78, 5) is 7.11. The highest BCUT2D eigenvalue weighted by Crippen LogP contribution is 2.35. The molecule has 1 aliphatic heterocycles. The van der Waals surface area contributed by atoms with E-state index >= 15 is 0 Å². The number of pyridine rings is 1. The highest BCUT2D eigenvalue weighted by Gasteiger charge is 2.23. The minimum atomic E-state index is 0.577. The second kappa shape index (κ2) is 5.82. The molecule has 124 valence electrons. The molecule has 0 aliphatic carbocycles. The van der Waals surface area contributed by atoms with Crippen LogP contribution in [-0.2, 0) is 19.5 Å². The van der Waals surface area contributed by atoms with Gasteiger partial charge in [-0.1, -0.05) is 35.9 Å². The minimum absolute atomic E-state index is 0.577. The molecular weight excluding hydrogens is 318 g/mol. The monoisotopic (exact) mass is 339 g/mol. The number of fused-ring (bicyclic) bond motifs is 2. The van der Waals surface area contributed by atoms with Crippen molar-refractivity contribution in [3.8, 4) is 0 Å². The van der Waals surface area contributed by atoms with E-state index in [1.165, 1.54) is 33.3 Å². The molecule has 0 bridgehead atoms. The van der Waals surface area contributed by atoms with Crippen LogP contribution in [0.3, 0.4) is 0 Å². The van der Waals surface area contributed by atoms with Crippen molar-refractivity contribution < 1.29 is 0 Å². The highest BCUT2D eigenvalue weighted by molar-refractivity contribution is 6.30. The number of rotatable bonds is 2. The van der Waals surface area contributed by atoms with E-state index in [0.717, 1.165) is 31.9 Å². The summed E-state index contributed by atoms with van der Waals surface area (Å²) in [6, 6.07) is 10.7. The number of halogens is 1. The number of hydrogen-bond donors (Lipinski definition) is 0. The van der Waals surface area contributed by atoms with Crippen molar-refractivity contribution in [2.75, 3.05) is 11.4 Å². The van der Waals surface area contributed by atoms with E-state index in [2.05, 4.69) is 54.5 Å². The van der Waals surface area contributed by atoms with Gasteiger partial charge in [-0.25, -0.2) is 4.98 Å². The van der Waals surface area contributed by atoms with Gasteiger partial charge in [0.1, 0.15) is 5.15 Å². The third-order valence-corrected chi connectivity index (χ3v) is 5.50. The molecule has 1 aromatic carbocycles. The summed E-state index contributed by atoms with van der Waals surface area (Å²) >= 11 is 6.37. The van der Waals surface area contributed by atoms with Crippen LogP contribution < -0.4 is 4.90 Å². The average Bonchev–Trinajstić information content (AvgIpc) is 2.84. The van der Waals surface area contributed by atoms with E-state index in [4.69, 9.17) is 16.6 Å². The second-order valence-electron chi connectivity index (χ2n) is 6.56. The molecule has 4 heteroatoms. The summed E-state index contributed by atoms with van der Waals surface area (Å²) < 4.78 is 2.36. The topological polar surface area (TPSA) is 21.1 Å². The van der Waals surface area contributed by atoms with Gasteiger partial charge in [-0.15, -0.1) is 0 Å². The first-order chi connectivity index (χ1) is 11.6. The van der Waals surface area contributed by atoms with Gasteiger partial charge in [0.05, 0.1) is 5.52 Å². The predicted molar refractivity (Wildman–Crippen MR) is 101 cm³/mol. The summed E-state index contributed by atoms with van der Waals surface area (Å²) in [5.41, 5.74) is 6.66. The van der Waals surface area contributed by atoms with Crippen LogP contribution in [0.1, 0.15) is 29.3 Å². The summed E-state index contributed by atoms with van der Waals surface area (Å²) in [6.07, 6.45) is 1.05. The number of nitrogens with zero attached hydrogens (tertiary/aromatic N) is 3. The van der Waals surface area contributed by atoms with Crippen molar-refractivity contribution in [1.29, 1.82) is 0 Å². The van der Waals surface area contributed by atoms with E-state index in [-0.39, 0.29) is 0 Å². The lowest BCUT2D eigenvalue weighted by Crippen LogP contribution is -2.31. The zero-order valence-electron chi connectivity index (χ0n) is 14.4. The van der Waals surface area contributed by atoms with E-state index in [1.807, 2.05) is 6.07 Å². The smallest absolute Gasteiger partial charge is 0.155 e. The zero-order chi connectivity index (χ0) is 16.8. The number of aromatic nitrogens is 2. The molecule has 0 spiro atoms. The molecule has 0 radical (unpaired) electrons. The molecule has 0 N–H and O–H groups in total. The van der Waals surface area contributed by atoms with Crippen LogP contribution >= 0.6 is 11.6 Å². The van der Waals surface area contributed by atoms with Crippen molar-refractivity contribution >= 4 is 28.3 Å². The Morgan fingerprint density at radius 2 is 1.92 bits per heavy atom. The van der Waals surface area contributed by atoms with Gasteiger partial charge in [-0.05, 0) is 49.9 Å². The number of hydrogen-bond acceptors (Lipinski definition) is 2. The van der Waals surface area contributed by atoms with Gasteiger partial charge in [0.25, 0.3) is 0 Å². The van der Waals surface area contributed by atoms with Crippen LogP contribution in [0.4, 0.5) is 5.82 Å². The Morgan fingerprint density at radius 3 is 2.67 bits per heavy atom.